The van der Waals surface area contributed by atoms with Crippen LogP contribution in [0.3, 0.4) is 0 Å². The first-order valence-electron chi connectivity index (χ1n) is 3.04. The topological polar surface area (TPSA) is 26.3 Å². The molecule has 0 amide bonds. The highest BCUT2D eigenvalue weighted by Gasteiger charge is 1.95. The van der Waals surface area contributed by atoms with Gasteiger partial charge in [0.1, 0.15) is 13.3 Å². The molecule has 0 aliphatic rings. The largest absolute Gasteiger partial charge is 0.460 e. The van der Waals surface area contributed by atoms with Crippen molar-refractivity contribution >= 4 is 5.97 Å². The van der Waals surface area contributed by atoms with Gasteiger partial charge in [0, 0.05) is 6.08 Å². The van der Waals surface area contributed by atoms with Crippen molar-refractivity contribution in [1.82, 2.24) is 0 Å². The van der Waals surface area contributed by atoms with E-state index in [0.29, 0.717) is 0 Å². The summed E-state index contributed by atoms with van der Waals surface area (Å²) in [5.74, 6) is -0.474. The van der Waals surface area contributed by atoms with Crippen molar-refractivity contribution in [1.29, 1.82) is 0 Å². The van der Waals surface area contributed by atoms with E-state index in [-0.39, 0.29) is 6.61 Å². The highest BCUT2D eigenvalue weighted by molar-refractivity contribution is 5.82. The number of hydrogen-bond donors (Lipinski definition) is 0. The van der Waals surface area contributed by atoms with Crippen LogP contribution in [-0.2, 0) is 9.53 Å². The Morgan fingerprint density at radius 2 is 2.20 bits per heavy atom. The van der Waals surface area contributed by atoms with Crippen LogP contribution in [0.5, 0.6) is 0 Å². The van der Waals surface area contributed by atoms with E-state index in [1.165, 1.54) is 6.08 Å². The minimum Gasteiger partial charge on any atom is -0.460 e. The fourth-order valence-electron chi connectivity index (χ4n) is 0.417. The summed E-state index contributed by atoms with van der Waals surface area (Å²) in [6.07, 6.45) is 1.33. The second kappa shape index (κ2) is 4.97. The predicted octanol–water partition coefficient (Wildman–Crippen LogP) is 1.47. The molecule has 0 aromatic heterocycles. The fraction of sp³-hybridized carbons (Fsp3) is 0.571. The quantitative estimate of drug-likeness (QED) is 0.445. The zero-order valence-corrected chi connectivity index (χ0v) is 6.19. The van der Waals surface area contributed by atoms with Gasteiger partial charge in [-0.2, -0.15) is 0 Å². The summed E-state index contributed by atoms with van der Waals surface area (Å²) in [4.78, 5) is 10.5. The molecule has 0 N–H and O–H groups in total. The van der Waals surface area contributed by atoms with Crippen molar-refractivity contribution in [3.05, 3.63) is 11.6 Å². The zero-order valence-electron chi connectivity index (χ0n) is 6.19. The molecule has 0 bridgehead atoms. The van der Waals surface area contributed by atoms with Crippen LogP contribution in [0.25, 0.3) is 0 Å². The van der Waals surface area contributed by atoms with Crippen LogP contribution in [0.4, 0.5) is 4.39 Å². The highest BCUT2D eigenvalue weighted by atomic mass is 19.1. The van der Waals surface area contributed by atoms with E-state index in [1.807, 2.05) is 0 Å². The van der Waals surface area contributed by atoms with Crippen molar-refractivity contribution in [2.75, 3.05) is 13.3 Å². The summed E-state index contributed by atoms with van der Waals surface area (Å²) in [6, 6.07) is 0. The lowest BCUT2D eigenvalue weighted by atomic mass is 10.3. The Morgan fingerprint density at radius 1 is 1.60 bits per heavy atom. The minimum absolute atomic E-state index is 0.150. The van der Waals surface area contributed by atoms with Crippen molar-refractivity contribution in [2.45, 2.75) is 13.8 Å². The third kappa shape index (κ3) is 5.28. The number of esters is 1. The first-order valence-corrected chi connectivity index (χ1v) is 3.04. The van der Waals surface area contributed by atoms with E-state index in [0.717, 1.165) is 5.57 Å². The molecule has 0 heterocycles. The van der Waals surface area contributed by atoms with Gasteiger partial charge in [-0.15, -0.1) is 0 Å². The maximum Gasteiger partial charge on any atom is 0.330 e. The van der Waals surface area contributed by atoms with Gasteiger partial charge in [-0.25, -0.2) is 9.18 Å². The van der Waals surface area contributed by atoms with Gasteiger partial charge in [-0.05, 0) is 13.8 Å². The van der Waals surface area contributed by atoms with Gasteiger partial charge >= 0.3 is 5.97 Å². The first-order chi connectivity index (χ1) is 4.66. The standard InChI is InChI=1S/C7H11FO2/c1-6(2)5-7(9)10-4-3-8/h5H,3-4H2,1-2H3. The molecule has 0 spiro atoms. The molecule has 3 heteroatoms. The van der Waals surface area contributed by atoms with Crippen LogP contribution in [0.2, 0.25) is 0 Å². The Kier molecular flexibility index (Phi) is 4.54. The van der Waals surface area contributed by atoms with Gasteiger partial charge < -0.3 is 4.74 Å². The van der Waals surface area contributed by atoms with Gasteiger partial charge in [-0.3, -0.25) is 0 Å². The minimum atomic E-state index is -0.623. The zero-order chi connectivity index (χ0) is 7.98. The molecule has 0 aromatic rings. The monoisotopic (exact) mass is 146 g/mol. The van der Waals surface area contributed by atoms with Crippen molar-refractivity contribution in [3.63, 3.8) is 0 Å². The Balaban J connectivity index is 3.54. The Hall–Kier alpha value is -0.860. The molecular weight excluding hydrogens is 135 g/mol. The third-order valence-corrected chi connectivity index (χ3v) is 0.728. The normalized spacial score (nSPS) is 8.70. The predicted molar refractivity (Wildman–Crippen MR) is 36.4 cm³/mol. The molecule has 2 nitrogen and oxygen atoms in total. The van der Waals surface area contributed by atoms with E-state index in [2.05, 4.69) is 4.74 Å². The molecule has 0 radical (unpaired) electrons. The smallest absolute Gasteiger partial charge is 0.330 e. The van der Waals surface area contributed by atoms with E-state index in [1.54, 1.807) is 13.8 Å². The van der Waals surface area contributed by atoms with Crippen LogP contribution in [0.15, 0.2) is 11.6 Å². The Labute approximate surface area is 59.7 Å². The second-order valence-corrected chi connectivity index (χ2v) is 2.08. The maximum atomic E-state index is 11.4. The molecule has 0 unspecified atom stereocenters. The average molecular weight is 146 g/mol. The van der Waals surface area contributed by atoms with E-state index in [9.17, 15) is 9.18 Å². The van der Waals surface area contributed by atoms with Crippen LogP contribution >= 0.6 is 0 Å². The van der Waals surface area contributed by atoms with Crippen LogP contribution < -0.4 is 0 Å². The molecule has 0 rings (SSSR count). The summed E-state index contributed by atoms with van der Waals surface area (Å²) >= 11 is 0. The van der Waals surface area contributed by atoms with Gasteiger partial charge in [-0.1, -0.05) is 5.57 Å². The number of rotatable bonds is 3. The van der Waals surface area contributed by atoms with Crippen molar-refractivity contribution < 1.29 is 13.9 Å². The summed E-state index contributed by atoms with van der Waals surface area (Å²) in [5, 5.41) is 0. The second-order valence-electron chi connectivity index (χ2n) is 2.08. The van der Waals surface area contributed by atoms with E-state index >= 15 is 0 Å². The summed E-state index contributed by atoms with van der Waals surface area (Å²) in [7, 11) is 0. The number of carbonyl (C=O) groups excluding carboxylic acids is 1. The summed E-state index contributed by atoms with van der Waals surface area (Å²) in [6.45, 7) is 2.78. The average Bonchev–Trinajstić information content (AvgIpc) is 1.82. The highest BCUT2D eigenvalue weighted by Crippen LogP contribution is 1.90. The molecular formula is C7H11FO2. The SMILES string of the molecule is CC(C)=CC(=O)OCCF. The van der Waals surface area contributed by atoms with Crippen molar-refractivity contribution in [3.8, 4) is 0 Å². The lowest BCUT2D eigenvalue weighted by Crippen LogP contribution is -2.03. The Morgan fingerprint density at radius 3 is 2.60 bits per heavy atom. The number of halogens is 1. The van der Waals surface area contributed by atoms with E-state index in [4.69, 9.17) is 0 Å². The fourth-order valence-corrected chi connectivity index (χ4v) is 0.417. The first kappa shape index (κ1) is 9.14. The molecule has 0 aliphatic carbocycles. The molecule has 0 saturated heterocycles. The molecule has 0 aliphatic heterocycles. The van der Waals surface area contributed by atoms with Gasteiger partial charge in [0.15, 0.2) is 0 Å². The molecule has 0 atom stereocenters. The van der Waals surface area contributed by atoms with Crippen molar-refractivity contribution in [2.24, 2.45) is 0 Å². The molecule has 0 fully saturated rings. The summed E-state index contributed by atoms with van der Waals surface area (Å²) < 4.78 is 15.8. The van der Waals surface area contributed by atoms with Crippen LogP contribution in [0, 0.1) is 0 Å². The number of ether oxygens (including phenoxy) is 1. The summed E-state index contributed by atoms with van der Waals surface area (Å²) in [5.41, 5.74) is 0.851. The lowest BCUT2D eigenvalue weighted by molar-refractivity contribution is -0.138. The number of hydrogen-bond acceptors (Lipinski definition) is 2. The van der Waals surface area contributed by atoms with Gasteiger partial charge in [0.2, 0.25) is 0 Å². The lowest BCUT2D eigenvalue weighted by Gasteiger charge is -1.96. The number of alkyl halides is 1. The van der Waals surface area contributed by atoms with Crippen LogP contribution in [-0.4, -0.2) is 19.3 Å². The van der Waals surface area contributed by atoms with Gasteiger partial charge in [0.05, 0.1) is 0 Å². The molecule has 0 aromatic carbocycles. The maximum absolute atomic E-state index is 11.4. The molecule has 10 heavy (non-hydrogen) atoms. The molecule has 0 saturated carbocycles. The number of allylic oxidation sites excluding steroid dienone is 1. The Bertz CT molecular complexity index is 137. The van der Waals surface area contributed by atoms with Gasteiger partial charge in [0.25, 0.3) is 0 Å². The molecule has 58 valence electrons. The van der Waals surface area contributed by atoms with Crippen LogP contribution in [0.1, 0.15) is 13.8 Å². The van der Waals surface area contributed by atoms with E-state index < -0.39 is 12.6 Å². The third-order valence-electron chi connectivity index (χ3n) is 0.728. The number of carbonyl (C=O) groups is 1.